The summed E-state index contributed by atoms with van der Waals surface area (Å²) in [6.45, 7) is 0. The molecule has 0 unspecified atom stereocenters. The minimum absolute atomic E-state index is 0. The molecule has 140 valence electrons. The molecule has 0 aliphatic heterocycles. The maximum absolute atomic E-state index is 8.82. The normalized spacial score (nSPS) is 11.2. The van der Waals surface area contributed by atoms with Gasteiger partial charge >= 0.3 is 157 Å². The third-order valence-electron chi connectivity index (χ3n) is 5.14. The predicted octanol–water partition coefficient (Wildman–Crippen LogP) is 5.37. The molecular formula is C24H27BrNP. The van der Waals surface area contributed by atoms with Crippen molar-refractivity contribution in [1.82, 2.24) is 0 Å². The zero-order valence-corrected chi connectivity index (χ0v) is 18.3. The number of benzene rings is 3. The average molecular weight is 440 g/mol. The van der Waals surface area contributed by atoms with Gasteiger partial charge in [-0.25, -0.2) is 0 Å². The molecule has 0 N–H and O–H groups in total. The predicted molar refractivity (Wildman–Crippen MR) is 126 cm³/mol. The average Bonchev–Trinajstić information content (AvgIpc) is 2.73. The van der Waals surface area contributed by atoms with Crippen molar-refractivity contribution in [1.29, 1.82) is 5.26 Å². The molecule has 0 aliphatic rings. The van der Waals surface area contributed by atoms with Gasteiger partial charge in [-0.3, -0.25) is 0 Å². The van der Waals surface area contributed by atoms with Crippen LogP contribution >= 0.6 is 24.2 Å². The summed E-state index contributed by atoms with van der Waals surface area (Å²) >= 11 is 0. The Morgan fingerprint density at radius 2 is 1.00 bits per heavy atom. The van der Waals surface area contributed by atoms with E-state index in [0.717, 1.165) is 19.3 Å². The Morgan fingerprint density at radius 1 is 0.593 bits per heavy atom. The van der Waals surface area contributed by atoms with Crippen LogP contribution < -0.4 is 15.9 Å². The first-order valence-corrected chi connectivity index (χ1v) is 11.6. The zero-order chi connectivity index (χ0) is 18.1. The van der Waals surface area contributed by atoms with E-state index in [9.17, 15) is 0 Å². The van der Waals surface area contributed by atoms with Crippen LogP contribution in [0.3, 0.4) is 0 Å². The van der Waals surface area contributed by atoms with E-state index in [1.807, 2.05) is 0 Å². The number of nitrogens with zero attached hydrogens (tertiary/aromatic N) is 1. The molecule has 0 saturated heterocycles. The summed E-state index contributed by atoms with van der Waals surface area (Å²) in [4.78, 5) is 0. The molecule has 0 bridgehead atoms. The van der Waals surface area contributed by atoms with Crippen LogP contribution in [0.2, 0.25) is 0 Å². The van der Waals surface area contributed by atoms with Crippen molar-refractivity contribution in [2.45, 2.75) is 25.7 Å². The Labute approximate surface area is 174 Å². The monoisotopic (exact) mass is 439 g/mol. The molecule has 0 radical (unpaired) electrons. The van der Waals surface area contributed by atoms with Crippen molar-refractivity contribution in [2.24, 2.45) is 0 Å². The first-order valence-electron chi connectivity index (χ1n) is 9.41. The van der Waals surface area contributed by atoms with Gasteiger partial charge in [-0.1, -0.05) is 0 Å². The second kappa shape index (κ2) is 11.0. The molecule has 0 fully saturated rings. The summed E-state index contributed by atoms with van der Waals surface area (Å²) in [6, 6.07) is 35.4. The Bertz CT molecular complexity index is 732. The van der Waals surface area contributed by atoms with Crippen molar-refractivity contribution in [3.8, 4) is 6.07 Å². The summed E-state index contributed by atoms with van der Waals surface area (Å²) in [5.74, 6) is 0. The fraction of sp³-hybridized carbons (Fsp3) is 0.208. The van der Waals surface area contributed by atoms with E-state index in [2.05, 4.69) is 97.1 Å². The van der Waals surface area contributed by atoms with Gasteiger partial charge in [0.05, 0.1) is 0 Å². The SMILES string of the molecule is Br.N#CCCCCC[PH](c1ccccc1)(c1ccccc1)c1ccccc1. The fourth-order valence-electron chi connectivity index (χ4n) is 3.87. The topological polar surface area (TPSA) is 23.8 Å². The van der Waals surface area contributed by atoms with E-state index in [-0.39, 0.29) is 17.0 Å². The van der Waals surface area contributed by atoms with Gasteiger partial charge in [-0.05, 0) is 0 Å². The summed E-state index contributed by atoms with van der Waals surface area (Å²) in [5.41, 5.74) is 0. The molecule has 0 aliphatic carbocycles. The fourth-order valence-corrected chi connectivity index (χ4v) is 8.80. The molecule has 0 atom stereocenters. The van der Waals surface area contributed by atoms with Crippen LogP contribution in [0.15, 0.2) is 91.0 Å². The molecule has 1 nitrogen and oxygen atoms in total. The van der Waals surface area contributed by atoms with E-state index < -0.39 is 7.26 Å². The Kier molecular flexibility index (Phi) is 8.73. The van der Waals surface area contributed by atoms with Crippen LogP contribution in [0.25, 0.3) is 0 Å². The van der Waals surface area contributed by atoms with Crippen LogP contribution in [0.1, 0.15) is 25.7 Å². The molecule has 0 saturated carbocycles. The molecule has 0 spiro atoms. The van der Waals surface area contributed by atoms with Gasteiger partial charge in [0.2, 0.25) is 0 Å². The summed E-state index contributed by atoms with van der Waals surface area (Å²) in [7, 11) is -2.07. The quantitative estimate of drug-likeness (QED) is 0.341. The van der Waals surface area contributed by atoms with E-state index >= 15 is 0 Å². The molecule has 0 aromatic heterocycles. The Hall–Kier alpha value is -1.94. The number of rotatable bonds is 8. The van der Waals surface area contributed by atoms with E-state index in [1.54, 1.807) is 0 Å². The van der Waals surface area contributed by atoms with E-state index in [0.29, 0.717) is 6.42 Å². The third kappa shape index (κ3) is 5.07. The van der Waals surface area contributed by atoms with Crippen molar-refractivity contribution in [3.63, 3.8) is 0 Å². The van der Waals surface area contributed by atoms with Gasteiger partial charge in [-0.2, -0.15) is 0 Å². The maximum atomic E-state index is 8.82. The number of hydrogen-bond donors (Lipinski definition) is 0. The van der Waals surface area contributed by atoms with Gasteiger partial charge in [0.1, 0.15) is 0 Å². The molecular weight excluding hydrogens is 413 g/mol. The van der Waals surface area contributed by atoms with Crippen molar-refractivity contribution in [2.75, 3.05) is 6.16 Å². The molecule has 3 aromatic carbocycles. The number of unbranched alkanes of at least 4 members (excludes halogenated alkanes) is 3. The van der Waals surface area contributed by atoms with Crippen molar-refractivity contribution < 1.29 is 0 Å². The Morgan fingerprint density at radius 3 is 1.37 bits per heavy atom. The van der Waals surface area contributed by atoms with Gasteiger partial charge in [0.15, 0.2) is 0 Å². The number of nitriles is 1. The minimum atomic E-state index is -2.07. The molecule has 3 rings (SSSR count). The standard InChI is InChI=1S/C24H26NP.BrH/c25-20-12-1-2-13-21-26(22-14-6-3-7-15-22,23-16-8-4-9-17-23)24-18-10-5-11-19-24;/h3-11,14-19,26H,1-2,12-13,21H2;1H. The van der Waals surface area contributed by atoms with Crippen LogP contribution in [0, 0.1) is 11.3 Å². The molecule has 3 aromatic rings. The van der Waals surface area contributed by atoms with Crippen molar-refractivity contribution >= 4 is 40.2 Å². The summed E-state index contributed by atoms with van der Waals surface area (Å²) in [5, 5.41) is 13.2. The number of halogens is 1. The molecule has 27 heavy (non-hydrogen) atoms. The van der Waals surface area contributed by atoms with Crippen molar-refractivity contribution in [3.05, 3.63) is 91.0 Å². The molecule has 0 heterocycles. The van der Waals surface area contributed by atoms with Gasteiger partial charge in [-0.15, -0.1) is 17.0 Å². The van der Waals surface area contributed by atoms with Crippen LogP contribution in [0.4, 0.5) is 0 Å². The van der Waals surface area contributed by atoms with Crippen LogP contribution in [0.5, 0.6) is 0 Å². The third-order valence-corrected chi connectivity index (χ3v) is 10.2. The van der Waals surface area contributed by atoms with Crippen LogP contribution in [-0.4, -0.2) is 6.16 Å². The Balaban J connectivity index is 0.00000261. The van der Waals surface area contributed by atoms with Gasteiger partial charge in [0, 0.05) is 0 Å². The first kappa shape index (κ1) is 21.4. The zero-order valence-electron chi connectivity index (χ0n) is 15.6. The number of hydrogen-bond acceptors (Lipinski definition) is 1. The van der Waals surface area contributed by atoms with Gasteiger partial charge < -0.3 is 0 Å². The second-order valence-corrected chi connectivity index (χ2v) is 10.8. The second-order valence-electron chi connectivity index (χ2n) is 6.72. The molecule has 0 amide bonds. The van der Waals surface area contributed by atoms with E-state index in [1.165, 1.54) is 22.1 Å². The first-order chi connectivity index (χ1) is 12.9. The van der Waals surface area contributed by atoms with E-state index in [4.69, 9.17) is 5.26 Å². The summed E-state index contributed by atoms with van der Waals surface area (Å²) < 4.78 is 0. The van der Waals surface area contributed by atoms with Crippen LogP contribution in [-0.2, 0) is 0 Å². The summed E-state index contributed by atoms with van der Waals surface area (Å²) in [6.07, 6.45) is 5.12. The molecule has 3 heteroatoms. The van der Waals surface area contributed by atoms with Gasteiger partial charge in [0.25, 0.3) is 0 Å².